The van der Waals surface area contributed by atoms with Crippen LogP contribution in [-0.4, -0.2) is 30.1 Å². The second-order valence-electron chi connectivity index (χ2n) is 6.21. The van der Waals surface area contributed by atoms with Crippen LogP contribution in [0.3, 0.4) is 0 Å². The Morgan fingerprint density at radius 2 is 1.59 bits per heavy atom. The van der Waals surface area contributed by atoms with E-state index in [2.05, 4.69) is 4.98 Å². The van der Waals surface area contributed by atoms with Crippen LogP contribution in [0.1, 0.15) is 59.2 Å². The van der Waals surface area contributed by atoms with Gasteiger partial charge in [-0.25, -0.2) is 4.79 Å². The second kappa shape index (κ2) is 11.7. The van der Waals surface area contributed by atoms with E-state index in [9.17, 15) is 9.59 Å². The van der Waals surface area contributed by atoms with Gasteiger partial charge in [-0.15, -0.1) is 0 Å². The maximum Gasteiger partial charge on any atom is 0.339 e. The highest BCUT2D eigenvalue weighted by Gasteiger charge is 2.08. The van der Waals surface area contributed by atoms with Crippen LogP contribution in [0.25, 0.3) is 0 Å². The normalized spacial score (nSPS) is 10.4. The van der Waals surface area contributed by atoms with Crippen molar-refractivity contribution in [2.24, 2.45) is 5.73 Å². The Kier molecular flexibility index (Phi) is 8.83. The molecule has 0 radical (unpaired) electrons. The first-order valence-corrected chi connectivity index (χ1v) is 9.27. The summed E-state index contributed by atoms with van der Waals surface area (Å²) in [4.78, 5) is 26.9. The maximum absolute atomic E-state index is 11.7. The van der Waals surface area contributed by atoms with Gasteiger partial charge < -0.3 is 15.2 Å². The lowest BCUT2D eigenvalue weighted by atomic mass is 10.1. The highest BCUT2D eigenvalue weighted by Crippen LogP contribution is 2.17. The van der Waals surface area contributed by atoms with Crippen molar-refractivity contribution >= 4 is 11.9 Å². The minimum atomic E-state index is -0.477. The SMILES string of the molecule is NC(=O)c1ccccc1OCCCCCCCCOC(=O)c1cccnc1. The predicted octanol–water partition coefficient (Wildman–Crippen LogP) is 3.76. The lowest BCUT2D eigenvalue weighted by molar-refractivity contribution is 0.0497. The van der Waals surface area contributed by atoms with Gasteiger partial charge >= 0.3 is 5.97 Å². The van der Waals surface area contributed by atoms with Gasteiger partial charge in [0.15, 0.2) is 0 Å². The van der Waals surface area contributed by atoms with E-state index in [0.29, 0.717) is 30.1 Å². The molecule has 0 aliphatic heterocycles. The number of hydrogen-bond donors (Lipinski definition) is 1. The molecule has 144 valence electrons. The maximum atomic E-state index is 11.7. The van der Waals surface area contributed by atoms with Gasteiger partial charge in [0.25, 0.3) is 5.91 Å². The number of unbranched alkanes of at least 4 members (excludes halogenated alkanes) is 5. The molecular weight excluding hydrogens is 344 g/mol. The first-order valence-electron chi connectivity index (χ1n) is 9.27. The summed E-state index contributed by atoms with van der Waals surface area (Å²) >= 11 is 0. The van der Waals surface area contributed by atoms with E-state index in [1.807, 2.05) is 6.07 Å². The van der Waals surface area contributed by atoms with Crippen LogP contribution in [-0.2, 0) is 4.74 Å². The van der Waals surface area contributed by atoms with Crippen molar-refractivity contribution in [3.63, 3.8) is 0 Å². The van der Waals surface area contributed by atoms with Crippen LogP contribution in [0.5, 0.6) is 5.75 Å². The molecule has 0 aliphatic carbocycles. The van der Waals surface area contributed by atoms with E-state index >= 15 is 0 Å². The molecule has 1 aromatic carbocycles. The lowest BCUT2D eigenvalue weighted by Crippen LogP contribution is -2.13. The summed E-state index contributed by atoms with van der Waals surface area (Å²) in [7, 11) is 0. The number of esters is 1. The van der Waals surface area contributed by atoms with Crippen LogP contribution < -0.4 is 10.5 Å². The van der Waals surface area contributed by atoms with Crippen molar-refractivity contribution in [2.75, 3.05) is 13.2 Å². The Morgan fingerprint density at radius 1 is 0.889 bits per heavy atom. The number of primary amides is 1. The number of hydrogen-bond acceptors (Lipinski definition) is 5. The van der Waals surface area contributed by atoms with Gasteiger partial charge in [-0.3, -0.25) is 9.78 Å². The highest BCUT2D eigenvalue weighted by molar-refractivity contribution is 5.95. The fourth-order valence-electron chi connectivity index (χ4n) is 2.62. The molecule has 0 spiro atoms. The lowest BCUT2D eigenvalue weighted by Gasteiger charge is -2.09. The Bertz CT molecular complexity index is 719. The smallest absolute Gasteiger partial charge is 0.339 e. The van der Waals surface area contributed by atoms with E-state index < -0.39 is 5.91 Å². The van der Waals surface area contributed by atoms with E-state index in [1.54, 1.807) is 36.5 Å². The topological polar surface area (TPSA) is 91.5 Å². The third kappa shape index (κ3) is 7.48. The van der Waals surface area contributed by atoms with Crippen molar-refractivity contribution in [3.8, 4) is 5.75 Å². The van der Waals surface area contributed by atoms with E-state index in [-0.39, 0.29) is 5.97 Å². The van der Waals surface area contributed by atoms with Crippen LogP contribution in [0.2, 0.25) is 0 Å². The summed E-state index contributed by atoms with van der Waals surface area (Å²) < 4.78 is 10.9. The summed E-state index contributed by atoms with van der Waals surface area (Å²) in [6.07, 6.45) is 9.15. The Balaban J connectivity index is 1.47. The highest BCUT2D eigenvalue weighted by atomic mass is 16.5. The summed E-state index contributed by atoms with van der Waals surface area (Å²) in [5.41, 5.74) is 6.22. The van der Waals surface area contributed by atoms with Gasteiger partial charge in [-0.05, 0) is 37.1 Å². The van der Waals surface area contributed by atoms with Gasteiger partial charge in [-0.2, -0.15) is 0 Å². The molecule has 27 heavy (non-hydrogen) atoms. The molecule has 1 aromatic heterocycles. The van der Waals surface area contributed by atoms with Crippen LogP contribution in [0.15, 0.2) is 48.8 Å². The number of nitrogens with zero attached hydrogens (tertiary/aromatic N) is 1. The molecule has 0 bridgehead atoms. The minimum absolute atomic E-state index is 0.323. The summed E-state index contributed by atoms with van der Waals surface area (Å²) in [6.45, 7) is 0.994. The summed E-state index contributed by atoms with van der Waals surface area (Å²) in [6, 6.07) is 10.4. The molecule has 0 saturated heterocycles. The largest absolute Gasteiger partial charge is 0.493 e. The summed E-state index contributed by atoms with van der Waals surface area (Å²) in [5.74, 6) is -0.258. The van der Waals surface area contributed by atoms with Crippen molar-refractivity contribution in [3.05, 3.63) is 59.9 Å². The number of rotatable bonds is 12. The number of ether oxygens (including phenoxy) is 2. The van der Waals surface area contributed by atoms with E-state index in [1.165, 1.54) is 6.20 Å². The number of amides is 1. The number of para-hydroxylation sites is 1. The Labute approximate surface area is 159 Å². The van der Waals surface area contributed by atoms with Gasteiger partial charge in [0.2, 0.25) is 0 Å². The fourth-order valence-corrected chi connectivity index (χ4v) is 2.62. The van der Waals surface area contributed by atoms with Crippen LogP contribution in [0, 0.1) is 0 Å². The third-order valence-electron chi connectivity index (χ3n) is 4.08. The molecule has 0 fully saturated rings. The fraction of sp³-hybridized carbons (Fsp3) is 0.381. The Hall–Kier alpha value is -2.89. The minimum Gasteiger partial charge on any atom is -0.493 e. The molecule has 0 atom stereocenters. The number of pyridine rings is 1. The third-order valence-corrected chi connectivity index (χ3v) is 4.08. The number of carbonyl (C=O) groups excluding carboxylic acids is 2. The average Bonchev–Trinajstić information content (AvgIpc) is 2.70. The molecule has 1 amide bonds. The summed E-state index contributed by atoms with van der Waals surface area (Å²) in [5, 5.41) is 0. The molecule has 0 saturated carbocycles. The van der Waals surface area contributed by atoms with Gasteiger partial charge in [0.05, 0.1) is 24.3 Å². The second-order valence-corrected chi connectivity index (χ2v) is 6.21. The van der Waals surface area contributed by atoms with Crippen molar-refractivity contribution in [2.45, 2.75) is 38.5 Å². The molecule has 6 heteroatoms. The quantitative estimate of drug-likeness (QED) is 0.454. The predicted molar refractivity (Wildman–Crippen MR) is 103 cm³/mol. The molecule has 2 rings (SSSR count). The molecule has 0 unspecified atom stereocenters. The average molecular weight is 370 g/mol. The zero-order chi connectivity index (χ0) is 19.3. The van der Waals surface area contributed by atoms with Crippen LogP contribution >= 0.6 is 0 Å². The molecule has 2 N–H and O–H groups in total. The van der Waals surface area contributed by atoms with Gasteiger partial charge in [-0.1, -0.05) is 37.8 Å². The zero-order valence-corrected chi connectivity index (χ0v) is 15.4. The first-order chi connectivity index (χ1) is 13.2. The first kappa shape index (κ1) is 20.4. The number of aromatic nitrogens is 1. The monoisotopic (exact) mass is 370 g/mol. The van der Waals surface area contributed by atoms with E-state index in [4.69, 9.17) is 15.2 Å². The van der Waals surface area contributed by atoms with Crippen molar-refractivity contribution in [1.82, 2.24) is 4.98 Å². The Morgan fingerprint density at radius 3 is 2.30 bits per heavy atom. The number of benzene rings is 1. The molecular formula is C21H26N2O4. The van der Waals surface area contributed by atoms with Crippen molar-refractivity contribution in [1.29, 1.82) is 0 Å². The van der Waals surface area contributed by atoms with Crippen LogP contribution in [0.4, 0.5) is 0 Å². The molecule has 6 nitrogen and oxygen atoms in total. The standard InChI is InChI=1S/C21H26N2O4/c22-20(24)18-11-5-6-12-19(18)26-14-7-3-1-2-4-8-15-27-21(25)17-10-9-13-23-16-17/h5-6,9-13,16H,1-4,7-8,14-15H2,(H2,22,24). The zero-order valence-electron chi connectivity index (χ0n) is 15.4. The van der Waals surface area contributed by atoms with Crippen molar-refractivity contribution < 1.29 is 19.1 Å². The molecule has 1 heterocycles. The molecule has 0 aliphatic rings. The van der Waals surface area contributed by atoms with Gasteiger partial charge in [0, 0.05) is 12.4 Å². The number of nitrogens with two attached hydrogens (primary N) is 1. The van der Waals surface area contributed by atoms with E-state index in [0.717, 1.165) is 38.5 Å². The molecule has 2 aromatic rings. The number of carbonyl (C=O) groups is 2. The van der Waals surface area contributed by atoms with Gasteiger partial charge in [0.1, 0.15) is 5.75 Å².